The molecule has 3 rings (SSSR count). The number of carbonyl (C=O) groups is 1. The van der Waals surface area contributed by atoms with E-state index >= 15 is 0 Å². The second-order valence-corrected chi connectivity index (χ2v) is 10.2. The lowest BCUT2D eigenvalue weighted by Crippen LogP contribution is -2.41. The molecule has 0 atom stereocenters. The van der Waals surface area contributed by atoms with Crippen LogP contribution in [0.3, 0.4) is 0 Å². The van der Waals surface area contributed by atoms with Crippen LogP contribution in [0.25, 0.3) is 0 Å². The molecule has 1 aliphatic carbocycles. The number of hydrogen-bond donors (Lipinski definition) is 1. The van der Waals surface area contributed by atoms with Crippen molar-refractivity contribution in [3.05, 3.63) is 70.3 Å². The van der Waals surface area contributed by atoms with Crippen molar-refractivity contribution in [2.24, 2.45) is 0 Å². The van der Waals surface area contributed by atoms with E-state index in [1.165, 1.54) is 18.4 Å². The summed E-state index contributed by atoms with van der Waals surface area (Å²) in [5, 5.41) is 3.32. The van der Waals surface area contributed by atoms with Crippen LogP contribution in [0.5, 0.6) is 0 Å². The van der Waals surface area contributed by atoms with E-state index in [-0.39, 0.29) is 17.3 Å². The Balaban J connectivity index is 1.80. The molecule has 0 spiro atoms. The largest absolute Gasteiger partial charge is 0.354 e. The first-order chi connectivity index (χ1) is 14.8. The van der Waals surface area contributed by atoms with Gasteiger partial charge in [0.1, 0.15) is 6.54 Å². The van der Waals surface area contributed by atoms with Crippen LogP contribution in [-0.2, 0) is 14.8 Å². The molecule has 2 aromatic carbocycles. The number of nitrogens with zero attached hydrogens (tertiary/aromatic N) is 1. The van der Waals surface area contributed by atoms with Gasteiger partial charge in [-0.1, -0.05) is 47.0 Å². The number of halogens is 1. The van der Waals surface area contributed by atoms with Gasteiger partial charge in [-0.15, -0.1) is 0 Å². The second kappa shape index (κ2) is 10.3. The minimum Gasteiger partial charge on any atom is -0.354 e. The van der Waals surface area contributed by atoms with Crippen LogP contribution in [0, 0.1) is 13.8 Å². The Morgan fingerprint density at radius 3 is 2.48 bits per heavy atom. The number of benzene rings is 2. The lowest BCUT2D eigenvalue weighted by atomic mass is 9.97. The summed E-state index contributed by atoms with van der Waals surface area (Å²) in [6.45, 7) is 3.92. The van der Waals surface area contributed by atoms with Crippen LogP contribution in [0.4, 0.5) is 5.69 Å². The fourth-order valence-corrected chi connectivity index (χ4v) is 5.16. The van der Waals surface area contributed by atoms with Gasteiger partial charge >= 0.3 is 0 Å². The first-order valence-electron chi connectivity index (χ1n) is 10.6. The standard InChI is InChI=1S/C24H29ClN2O3S/c1-18-8-12-22(13-9-18)31(29,30)27(21-11-10-19(2)23(25)16-21)17-24(28)26-15-14-20-6-4-3-5-7-20/h6,8-13,16H,3-5,7,14-15,17H2,1-2H3,(H,26,28). The number of anilines is 1. The number of carbonyl (C=O) groups excluding carboxylic acids is 1. The zero-order valence-corrected chi connectivity index (χ0v) is 19.6. The molecule has 0 aliphatic heterocycles. The van der Waals surface area contributed by atoms with Gasteiger partial charge in [-0.2, -0.15) is 0 Å². The Labute approximate surface area is 190 Å². The highest BCUT2D eigenvalue weighted by Crippen LogP contribution is 2.28. The van der Waals surface area contributed by atoms with Crippen LogP contribution in [-0.4, -0.2) is 27.4 Å². The van der Waals surface area contributed by atoms with E-state index in [1.54, 1.807) is 42.5 Å². The molecule has 2 aromatic rings. The molecule has 0 fully saturated rings. The fourth-order valence-electron chi connectivity index (χ4n) is 3.57. The predicted octanol–water partition coefficient (Wildman–Crippen LogP) is 5.16. The lowest BCUT2D eigenvalue weighted by molar-refractivity contribution is -0.119. The first kappa shape index (κ1) is 23.4. The van der Waals surface area contributed by atoms with Gasteiger partial charge in [-0.05, 0) is 75.8 Å². The number of nitrogens with one attached hydrogen (secondary N) is 1. The van der Waals surface area contributed by atoms with E-state index in [1.807, 2.05) is 13.8 Å². The molecule has 0 heterocycles. The molecule has 0 unspecified atom stereocenters. The Morgan fingerprint density at radius 2 is 1.84 bits per heavy atom. The highest BCUT2D eigenvalue weighted by molar-refractivity contribution is 7.92. The number of hydrogen-bond acceptors (Lipinski definition) is 3. The van der Waals surface area contributed by atoms with Crippen LogP contribution in [0.2, 0.25) is 5.02 Å². The molecule has 1 amide bonds. The summed E-state index contributed by atoms with van der Waals surface area (Å²) < 4.78 is 27.9. The molecule has 1 aliphatic rings. The van der Waals surface area contributed by atoms with E-state index in [0.29, 0.717) is 17.3 Å². The molecular formula is C24H29ClN2O3S. The van der Waals surface area contributed by atoms with E-state index in [2.05, 4.69) is 11.4 Å². The maximum atomic E-state index is 13.4. The number of aryl methyl sites for hydroxylation is 2. The van der Waals surface area contributed by atoms with Gasteiger partial charge < -0.3 is 5.32 Å². The maximum Gasteiger partial charge on any atom is 0.264 e. The highest BCUT2D eigenvalue weighted by Gasteiger charge is 2.27. The van der Waals surface area contributed by atoms with Gasteiger partial charge in [-0.3, -0.25) is 9.10 Å². The van der Waals surface area contributed by atoms with Crippen LogP contribution >= 0.6 is 11.6 Å². The van der Waals surface area contributed by atoms with Gasteiger partial charge in [-0.25, -0.2) is 8.42 Å². The van der Waals surface area contributed by atoms with E-state index in [9.17, 15) is 13.2 Å². The summed E-state index contributed by atoms with van der Waals surface area (Å²) >= 11 is 6.25. The van der Waals surface area contributed by atoms with Crippen molar-refractivity contribution in [2.45, 2.75) is 50.8 Å². The molecule has 0 bridgehead atoms. The predicted molar refractivity (Wildman–Crippen MR) is 126 cm³/mol. The molecule has 1 N–H and O–H groups in total. The molecule has 0 saturated heterocycles. The highest BCUT2D eigenvalue weighted by atomic mass is 35.5. The first-order valence-corrected chi connectivity index (χ1v) is 12.4. The summed E-state index contributed by atoms with van der Waals surface area (Å²) in [5.41, 5.74) is 3.52. The topological polar surface area (TPSA) is 66.5 Å². The van der Waals surface area contributed by atoms with Crippen LogP contribution in [0.1, 0.15) is 43.2 Å². The lowest BCUT2D eigenvalue weighted by Gasteiger charge is -2.25. The fraction of sp³-hybridized carbons (Fsp3) is 0.375. The minimum atomic E-state index is -3.94. The Kier molecular flexibility index (Phi) is 7.79. The minimum absolute atomic E-state index is 0.134. The van der Waals surface area contributed by atoms with Crippen molar-refractivity contribution in [1.29, 1.82) is 0 Å². The van der Waals surface area contributed by atoms with E-state index < -0.39 is 10.0 Å². The molecule has 0 aromatic heterocycles. The average molecular weight is 461 g/mol. The van der Waals surface area contributed by atoms with E-state index in [4.69, 9.17) is 11.6 Å². The Bertz CT molecular complexity index is 1060. The summed E-state index contributed by atoms with van der Waals surface area (Å²) in [6, 6.07) is 11.6. The molecule has 166 valence electrons. The van der Waals surface area contributed by atoms with Crippen molar-refractivity contribution < 1.29 is 13.2 Å². The molecule has 0 saturated carbocycles. The zero-order valence-electron chi connectivity index (χ0n) is 18.0. The van der Waals surface area contributed by atoms with Crippen molar-refractivity contribution in [3.8, 4) is 0 Å². The van der Waals surface area contributed by atoms with Gasteiger partial charge in [0.15, 0.2) is 0 Å². The summed E-state index contributed by atoms with van der Waals surface area (Å²) in [7, 11) is -3.94. The van der Waals surface area contributed by atoms with Crippen LogP contribution < -0.4 is 9.62 Å². The zero-order chi connectivity index (χ0) is 22.4. The summed E-state index contributed by atoms with van der Waals surface area (Å²) in [4.78, 5) is 12.8. The second-order valence-electron chi connectivity index (χ2n) is 7.97. The third-order valence-electron chi connectivity index (χ3n) is 5.49. The number of amides is 1. The molecule has 0 radical (unpaired) electrons. The van der Waals surface area contributed by atoms with Crippen molar-refractivity contribution in [2.75, 3.05) is 17.4 Å². The third-order valence-corrected chi connectivity index (χ3v) is 7.69. The average Bonchev–Trinajstić information content (AvgIpc) is 2.75. The molecule has 31 heavy (non-hydrogen) atoms. The smallest absolute Gasteiger partial charge is 0.264 e. The van der Waals surface area contributed by atoms with Gasteiger partial charge in [0.25, 0.3) is 10.0 Å². The van der Waals surface area contributed by atoms with Crippen molar-refractivity contribution >= 4 is 33.2 Å². The van der Waals surface area contributed by atoms with Gasteiger partial charge in [0.05, 0.1) is 10.6 Å². The Hall–Kier alpha value is -2.31. The van der Waals surface area contributed by atoms with Crippen LogP contribution in [0.15, 0.2) is 59.0 Å². The number of sulfonamides is 1. The monoisotopic (exact) mass is 460 g/mol. The van der Waals surface area contributed by atoms with Gasteiger partial charge in [0, 0.05) is 11.6 Å². The molecular weight excluding hydrogens is 432 g/mol. The maximum absolute atomic E-state index is 13.4. The quantitative estimate of drug-likeness (QED) is 0.553. The SMILES string of the molecule is Cc1ccc(S(=O)(=O)N(CC(=O)NCCC2=CCCCC2)c2ccc(C)c(Cl)c2)cc1. The summed E-state index contributed by atoms with van der Waals surface area (Å²) in [5.74, 6) is -0.344. The van der Waals surface area contributed by atoms with E-state index in [0.717, 1.165) is 34.7 Å². The molecule has 5 nitrogen and oxygen atoms in total. The van der Waals surface area contributed by atoms with Crippen molar-refractivity contribution in [1.82, 2.24) is 5.32 Å². The Morgan fingerprint density at radius 1 is 1.10 bits per heavy atom. The third kappa shape index (κ3) is 6.11. The number of rotatable bonds is 8. The normalized spacial score (nSPS) is 14.1. The van der Waals surface area contributed by atoms with Gasteiger partial charge in [0.2, 0.25) is 5.91 Å². The molecule has 7 heteroatoms. The number of allylic oxidation sites excluding steroid dienone is 1. The summed E-state index contributed by atoms with van der Waals surface area (Å²) in [6.07, 6.45) is 7.63. The van der Waals surface area contributed by atoms with Crippen molar-refractivity contribution in [3.63, 3.8) is 0 Å².